The fraction of sp³-hybridized carbons (Fsp3) is 0.423. The predicted octanol–water partition coefficient (Wildman–Crippen LogP) is 3.87. The van der Waals surface area contributed by atoms with Gasteiger partial charge in [0.2, 0.25) is 5.91 Å². The molecule has 1 aliphatic heterocycles. The molecule has 4 rings (SSSR count). The number of alkyl carbamates (subject to hydrolysis) is 1. The number of fused-ring (bicyclic) bond motifs is 3. The van der Waals surface area contributed by atoms with Crippen LogP contribution in [-0.2, 0) is 14.3 Å². The van der Waals surface area contributed by atoms with Crippen molar-refractivity contribution in [3.05, 3.63) is 59.7 Å². The average molecular weight is 451 g/mol. The highest BCUT2D eigenvalue weighted by Crippen LogP contribution is 2.44. The van der Waals surface area contributed by atoms with E-state index in [9.17, 15) is 19.5 Å². The molecule has 0 bridgehead atoms. The molecule has 2 N–H and O–H groups in total. The number of nitrogens with zero attached hydrogens (tertiary/aromatic N) is 1. The topological polar surface area (TPSA) is 95.9 Å². The first-order valence-electron chi connectivity index (χ1n) is 11.5. The quantitative estimate of drug-likeness (QED) is 0.668. The second-order valence-corrected chi connectivity index (χ2v) is 9.03. The van der Waals surface area contributed by atoms with E-state index < -0.39 is 18.0 Å². The Morgan fingerprint density at radius 2 is 1.73 bits per heavy atom. The Morgan fingerprint density at radius 1 is 1.09 bits per heavy atom. The van der Waals surface area contributed by atoms with Crippen LogP contribution in [0.4, 0.5) is 4.79 Å². The summed E-state index contributed by atoms with van der Waals surface area (Å²) >= 11 is 0. The van der Waals surface area contributed by atoms with Crippen LogP contribution in [0.25, 0.3) is 11.1 Å². The van der Waals surface area contributed by atoms with Crippen LogP contribution in [0, 0.1) is 11.8 Å². The Labute approximate surface area is 193 Å². The molecular formula is C26H30N2O5. The van der Waals surface area contributed by atoms with Gasteiger partial charge in [-0.2, -0.15) is 0 Å². The number of ether oxygens (including phenoxy) is 1. The summed E-state index contributed by atoms with van der Waals surface area (Å²) in [6, 6.07) is 16.4. The van der Waals surface area contributed by atoms with Crippen molar-refractivity contribution < 1.29 is 24.2 Å². The molecule has 2 atom stereocenters. The smallest absolute Gasteiger partial charge is 0.407 e. The molecule has 1 fully saturated rings. The van der Waals surface area contributed by atoms with E-state index in [4.69, 9.17) is 4.74 Å². The van der Waals surface area contributed by atoms with Gasteiger partial charge in [-0.15, -0.1) is 0 Å². The molecule has 0 radical (unpaired) electrons. The summed E-state index contributed by atoms with van der Waals surface area (Å²) in [5.41, 5.74) is 4.67. The summed E-state index contributed by atoms with van der Waals surface area (Å²) in [4.78, 5) is 37.7. The molecule has 1 heterocycles. The van der Waals surface area contributed by atoms with Gasteiger partial charge in [0.15, 0.2) is 0 Å². The first-order chi connectivity index (χ1) is 15.9. The van der Waals surface area contributed by atoms with Crippen LogP contribution in [-0.4, -0.2) is 54.2 Å². The molecule has 2 aromatic carbocycles. The van der Waals surface area contributed by atoms with Gasteiger partial charge in [0, 0.05) is 32.0 Å². The molecule has 0 saturated carbocycles. The summed E-state index contributed by atoms with van der Waals surface area (Å²) in [7, 11) is 0. The van der Waals surface area contributed by atoms with Crippen LogP contribution in [0.3, 0.4) is 0 Å². The lowest BCUT2D eigenvalue weighted by atomic mass is 9.97. The lowest BCUT2D eigenvalue weighted by molar-refractivity contribution is -0.145. The average Bonchev–Trinajstić information content (AvgIpc) is 3.15. The number of carbonyl (C=O) groups is 3. The van der Waals surface area contributed by atoms with Gasteiger partial charge in [0.1, 0.15) is 6.61 Å². The maximum Gasteiger partial charge on any atom is 0.407 e. The summed E-state index contributed by atoms with van der Waals surface area (Å²) in [6.07, 6.45) is 1.07. The number of likely N-dealkylation sites (tertiary alicyclic amines) is 1. The largest absolute Gasteiger partial charge is 0.481 e. The minimum Gasteiger partial charge on any atom is -0.481 e. The number of hydrogen-bond acceptors (Lipinski definition) is 4. The first kappa shape index (κ1) is 22.8. The van der Waals surface area contributed by atoms with Gasteiger partial charge in [-0.3, -0.25) is 9.59 Å². The van der Waals surface area contributed by atoms with Crippen molar-refractivity contribution in [2.75, 3.05) is 26.2 Å². The Kier molecular flexibility index (Phi) is 6.96. The number of carboxylic acids is 1. The highest BCUT2D eigenvalue weighted by Gasteiger charge is 2.30. The Balaban J connectivity index is 1.25. The minimum atomic E-state index is -0.850. The van der Waals surface area contributed by atoms with Crippen molar-refractivity contribution in [2.45, 2.75) is 32.1 Å². The van der Waals surface area contributed by atoms with E-state index in [0.717, 1.165) is 11.1 Å². The van der Waals surface area contributed by atoms with E-state index in [2.05, 4.69) is 29.6 Å². The lowest BCUT2D eigenvalue weighted by Gasteiger charge is -2.31. The van der Waals surface area contributed by atoms with Crippen LogP contribution >= 0.6 is 0 Å². The van der Waals surface area contributed by atoms with E-state index in [0.29, 0.717) is 25.9 Å². The van der Waals surface area contributed by atoms with Crippen molar-refractivity contribution in [3.8, 4) is 11.1 Å². The number of carboxylic acid groups (broad SMARTS) is 1. The summed E-state index contributed by atoms with van der Waals surface area (Å²) < 4.78 is 5.54. The molecular weight excluding hydrogens is 420 g/mol. The van der Waals surface area contributed by atoms with Crippen molar-refractivity contribution in [1.82, 2.24) is 10.2 Å². The molecule has 33 heavy (non-hydrogen) atoms. The first-order valence-corrected chi connectivity index (χ1v) is 11.5. The zero-order valence-electron chi connectivity index (χ0n) is 18.8. The van der Waals surface area contributed by atoms with Crippen LogP contribution in [0.2, 0.25) is 0 Å². The lowest BCUT2D eigenvalue weighted by Crippen LogP contribution is -2.43. The molecule has 1 aliphatic carbocycles. The fourth-order valence-corrected chi connectivity index (χ4v) is 4.81. The monoisotopic (exact) mass is 450 g/mol. The van der Waals surface area contributed by atoms with E-state index in [-0.39, 0.29) is 37.3 Å². The Bertz CT molecular complexity index is 991. The normalized spacial score (nSPS) is 18.2. The second-order valence-electron chi connectivity index (χ2n) is 9.03. The Morgan fingerprint density at radius 3 is 2.36 bits per heavy atom. The van der Waals surface area contributed by atoms with Gasteiger partial charge in [0.05, 0.1) is 5.92 Å². The highest BCUT2D eigenvalue weighted by molar-refractivity contribution is 5.79. The van der Waals surface area contributed by atoms with Gasteiger partial charge < -0.3 is 20.1 Å². The standard InChI is InChI=1S/C26H30N2O5/c1-17(13-24(29)28-12-6-7-18(15-28)25(30)31)14-27-26(32)33-16-23-21-10-4-2-8-19(21)20-9-3-5-11-22(20)23/h2-5,8-11,17-18,23H,6-7,12-16H2,1H3,(H,27,32)(H,30,31). The SMILES string of the molecule is CC(CNC(=O)OCC1c2ccccc2-c2ccccc21)CC(=O)N1CCCC(C(=O)O)C1. The Hall–Kier alpha value is -3.35. The van der Waals surface area contributed by atoms with Crippen LogP contribution < -0.4 is 5.32 Å². The van der Waals surface area contributed by atoms with E-state index in [1.165, 1.54) is 11.1 Å². The summed E-state index contributed by atoms with van der Waals surface area (Å²) in [5, 5.41) is 12.0. The zero-order valence-corrected chi connectivity index (χ0v) is 18.8. The third-order valence-corrected chi connectivity index (χ3v) is 6.58. The molecule has 0 spiro atoms. The maximum atomic E-state index is 12.5. The molecule has 2 aromatic rings. The number of aliphatic carboxylic acids is 1. The molecule has 2 aliphatic rings. The number of piperidine rings is 1. The van der Waals surface area contributed by atoms with Crippen LogP contribution in [0.5, 0.6) is 0 Å². The van der Waals surface area contributed by atoms with Crippen molar-refractivity contribution in [1.29, 1.82) is 0 Å². The highest BCUT2D eigenvalue weighted by atomic mass is 16.5. The second kappa shape index (κ2) is 10.1. The van der Waals surface area contributed by atoms with Crippen molar-refractivity contribution >= 4 is 18.0 Å². The molecule has 2 amide bonds. The molecule has 0 aromatic heterocycles. The maximum absolute atomic E-state index is 12.5. The van der Waals surface area contributed by atoms with Gasteiger partial charge in [-0.1, -0.05) is 55.5 Å². The molecule has 2 unspecified atom stereocenters. The number of carbonyl (C=O) groups excluding carboxylic acids is 2. The van der Waals surface area contributed by atoms with E-state index >= 15 is 0 Å². The number of nitrogens with one attached hydrogen (secondary N) is 1. The van der Waals surface area contributed by atoms with Gasteiger partial charge in [0.25, 0.3) is 0 Å². The van der Waals surface area contributed by atoms with Gasteiger partial charge in [-0.05, 0) is 41.0 Å². The van der Waals surface area contributed by atoms with Gasteiger partial charge in [-0.25, -0.2) is 4.79 Å². The van der Waals surface area contributed by atoms with Gasteiger partial charge >= 0.3 is 12.1 Å². The molecule has 1 saturated heterocycles. The molecule has 174 valence electrons. The zero-order chi connectivity index (χ0) is 23.4. The minimum absolute atomic E-state index is 0.00318. The number of rotatable bonds is 7. The fourth-order valence-electron chi connectivity index (χ4n) is 4.81. The number of benzene rings is 2. The third kappa shape index (κ3) is 5.18. The summed E-state index contributed by atoms with van der Waals surface area (Å²) in [5.74, 6) is -1.48. The molecule has 7 nitrogen and oxygen atoms in total. The predicted molar refractivity (Wildman–Crippen MR) is 124 cm³/mol. The third-order valence-electron chi connectivity index (χ3n) is 6.58. The van der Waals surface area contributed by atoms with Crippen molar-refractivity contribution in [3.63, 3.8) is 0 Å². The summed E-state index contributed by atoms with van der Waals surface area (Å²) in [6.45, 7) is 3.31. The molecule has 7 heteroatoms. The number of hydrogen-bond donors (Lipinski definition) is 2. The number of amides is 2. The van der Waals surface area contributed by atoms with E-state index in [1.807, 2.05) is 31.2 Å². The van der Waals surface area contributed by atoms with Crippen LogP contribution in [0.1, 0.15) is 43.2 Å². The van der Waals surface area contributed by atoms with E-state index in [1.54, 1.807) is 4.90 Å². The van der Waals surface area contributed by atoms with Crippen LogP contribution in [0.15, 0.2) is 48.5 Å². The van der Waals surface area contributed by atoms with Crippen molar-refractivity contribution in [2.24, 2.45) is 11.8 Å².